The summed E-state index contributed by atoms with van der Waals surface area (Å²) in [6, 6.07) is -0.622. The molecule has 0 aliphatic rings. The van der Waals surface area contributed by atoms with Crippen molar-refractivity contribution in [1.82, 2.24) is 5.09 Å². The van der Waals surface area contributed by atoms with Gasteiger partial charge >= 0.3 is 5.97 Å². The normalized spacial score (nSPS) is 16.5. The van der Waals surface area contributed by atoms with Crippen molar-refractivity contribution < 1.29 is 23.6 Å². The van der Waals surface area contributed by atoms with E-state index in [9.17, 15) is 9.36 Å². The van der Waals surface area contributed by atoms with Crippen LogP contribution >= 0.6 is 7.29 Å². The van der Waals surface area contributed by atoms with Gasteiger partial charge in [-0.2, -0.15) is 0 Å². The maximum atomic E-state index is 11.8. The Morgan fingerprint density at radius 2 is 1.94 bits per heavy atom. The summed E-state index contributed by atoms with van der Waals surface area (Å²) in [5.74, 6) is -0.449. The number of carbonyl (C=O) groups is 1. The monoisotopic (exact) mass is 253 g/mol. The molecule has 0 saturated heterocycles. The summed E-state index contributed by atoms with van der Waals surface area (Å²) in [7, 11) is 0.334. The molecular weight excluding hydrogens is 233 g/mol. The second-order valence-electron chi connectivity index (χ2n) is 3.53. The van der Waals surface area contributed by atoms with Crippen LogP contribution in [0.2, 0.25) is 0 Å². The van der Waals surface area contributed by atoms with Gasteiger partial charge in [0.1, 0.15) is 19.0 Å². The van der Waals surface area contributed by atoms with Gasteiger partial charge in [-0.15, -0.1) is 0 Å². The van der Waals surface area contributed by atoms with Gasteiger partial charge in [-0.05, 0) is 6.92 Å². The zero-order valence-corrected chi connectivity index (χ0v) is 11.1. The Balaban J connectivity index is 3.99. The Bertz CT molecular complexity index is 258. The maximum absolute atomic E-state index is 11.8. The molecule has 0 spiro atoms. The first-order valence-corrected chi connectivity index (χ1v) is 7.25. The van der Waals surface area contributed by atoms with Gasteiger partial charge in [-0.1, -0.05) is 0 Å². The largest absolute Gasteiger partial charge is 0.462 e. The third-order valence-corrected chi connectivity index (χ3v) is 3.41. The minimum Gasteiger partial charge on any atom is -0.462 e. The van der Waals surface area contributed by atoms with Gasteiger partial charge < -0.3 is 18.8 Å². The molecule has 1 N–H and O–H groups in total. The Morgan fingerprint density at radius 3 is 2.44 bits per heavy atom. The van der Waals surface area contributed by atoms with Gasteiger partial charge in [0.15, 0.2) is 7.29 Å². The first-order chi connectivity index (χ1) is 7.43. The van der Waals surface area contributed by atoms with Gasteiger partial charge in [0.05, 0.1) is 6.61 Å². The molecule has 2 unspecified atom stereocenters. The topological polar surface area (TPSA) is 73.9 Å². The number of hydrogen-bond acceptors (Lipinski definition) is 5. The molecule has 0 amide bonds. The number of esters is 1. The Hall–Kier alpha value is -0.420. The smallest absolute Gasteiger partial charge is 0.323 e. The molecule has 16 heavy (non-hydrogen) atoms. The van der Waals surface area contributed by atoms with E-state index < -0.39 is 19.3 Å². The van der Waals surface area contributed by atoms with E-state index in [0.717, 1.165) is 0 Å². The molecule has 0 heterocycles. The van der Waals surface area contributed by atoms with E-state index in [4.69, 9.17) is 14.2 Å². The molecule has 0 aromatic heterocycles. The van der Waals surface area contributed by atoms with E-state index in [-0.39, 0.29) is 13.0 Å². The fourth-order valence-corrected chi connectivity index (χ4v) is 2.59. The molecule has 0 saturated carbocycles. The second-order valence-corrected chi connectivity index (χ2v) is 6.25. The van der Waals surface area contributed by atoms with Crippen LogP contribution in [0, 0.1) is 0 Å². The lowest BCUT2D eigenvalue weighted by Gasteiger charge is -2.18. The van der Waals surface area contributed by atoms with Crippen LogP contribution in [0.3, 0.4) is 0 Å². The fraction of sp³-hybridized carbons (Fsp3) is 0.889. The summed E-state index contributed by atoms with van der Waals surface area (Å²) in [6.07, 6.45) is 0.0860. The lowest BCUT2D eigenvalue weighted by Crippen LogP contribution is -2.34. The van der Waals surface area contributed by atoms with E-state index in [1.807, 2.05) is 0 Å². The van der Waals surface area contributed by atoms with Crippen LogP contribution in [0.4, 0.5) is 0 Å². The molecule has 0 aliphatic carbocycles. The first kappa shape index (κ1) is 15.6. The van der Waals surface area contributed by atoms with Crippen molar-refractivity contribution in [3.8, 4) is 0 Å². The molecule has 0 aliphatic heterocycles. The van der Waals surface area contributed by atoms with Crippen molar-refractivity contribution >= 4 is 13.3 Å². The van der Waals surface area contributed by atoms with Crippen LogP contribution < -0.4 is 5.09 Å². The molecule has 0 radical (unpaired) electrons. The van der Waals surface area contributed by atoms with Crippen molar-refractivity contribution in [3.63, 3.8) is 0 Å². The fourth-order valence-electron chi connectivity index (χ4n) is 1.10. The summed E-state index contributed by atoms with van der Waals surface area (Å²) < 4.78 is 26.2. The predicted octanol–water partition coefficient (Wildman–Crippen LogP) is 0.666. The number of carbonyl (C=O) groups excluding carboxylic acids is 1. The molecule has 0 aromatic rings. The van der Waals surface area contributed by atoms with Gasteiger partial charge in [-0.3, -0.25) is 9.88 Å². The van der Waals surface area contributed by atoms with Crippen LogP contribution in [0.5, 0.6) is 0 Å². The highest BCUT2D eigenvalue weighted by Crippen LogP contribution is 2.36. The van der Waals surface area contributed by atoms with Crippen LogP contribution in [0.25, 0.3) is 0 Å². The minimum absolute atomic E-state index is 0.0860. The van der Waals surface area contributed by atoms with Crippen LogP contribution in [-0.2, 0) is 23.6 Å². The van der Waals surface area contributed by atoms with E-state index in [0.29, 0.717) is 6.61 Å². The van der Waals surface area contributed by atoms with E-state index in [1.165, 1.54) is 20.9 Å². The molecule has 2 atom stereocenters. The number of rotatable bonds is 8. The van der Waals surface area contributed by atoms with E-state index in [2.05, 4.69) is 5.09 Å². The minimum atomic E-state index is -2.65. The van der Waals surface area contributed by atoms with Gasteiger partial charge in [0.2, 0.25) is 0 Å². The summed E-state index contributed by atoms with van der Waals surface area (Å²) in [6.45, 7) is 3.66. The van der Waals surface area contributed by atoms with Crippen molar-refractivity contribution in [2.45, 2.75) is 13.0 Å². The summed E-state index contributed by atoms with van der Waals surface area (Å²) in [5.41, 5.74) is 0. The SMILES string of the molecule is COCCOC(=O)C(C)NP(C)(=O)COC. The molecule has 0 fully saturated rings. The predicted molar refractivity (Wildman–Crippen MR) is 60.8 cm³/mol. The van der Waals surface area contributed by atoms with E-state index in [1.54, 1.807) is 6.92 Å². The number of hydrogen-bond donors (Lipinski definition) is 1. The van der Waals surface area contributed by atoms with Crippen LogP contribution in [0.15, 0.2) is 0 Å². The van der Waals surface area contributed by atoms with Crippen molar-refractivity contribution in [3.05, 3.63) is 0 Å². The Morgan fingerprint density at radius 1 is 1.31 bits per heavy atom. The Labute approximate surface area is 96.1 Å². The van der Waals surface area contributed by atoms with Crippen molar-refractivity contribution in [2.75, 3.05) is 40.4 Å². The number of methoxy groups -OCH3 is 2. The highest BCUT2D eigenvalue weighted by molar-refractivity contribution is 7.60. The van der Waals surface area contributed by atoms with Crippen molar-refractivity contribution in [1.29, 1.82) is 0 Å². The lowest BCUT2D eigenvalue weighted by atomic mass is 10.4. The lowest BCUT2D eigenvalue weighted by molar-refractivity contribution is -0.146. The number of nitrogens with one attached hydrogen (secondary N) is 1. The van der Waals surface area contributed by atoms with Gasteiger partial charge in [0.25, 0.3) is 0 Å². The quantitative estimate of drug-likeness (QED) is 0.389. The highest BCUT2D eigenvalue weighted by atomic mass is 31.2. The molecule has 96 valence electrons. The van der Waals surface area contributed by atoms with Crippen LogP contribution in [0.1, 0.15) is 6.92 Å². The molecule has 0 aromatic carbocycles. The average Bonchev–Trinajstić information content (AvgIpc) is 2.16. The molecule has 0 rings (SSSR count). The molecule has 0 bridgehead atoms. The third-order valence-electron chi connectivity index (χ3n) is 1.73. The highest BCUT2D eigenvalue weighted by Gasteiger charge is 2.23. The molecule has 6 nitrogen and oxygen atoms in total. The maximum Gasteiger partial charge on any atom is 0.323 e. The van der Waals surface area contributed by atoms with Crippen molar-refractivity contribution in [2.24, 2.45) is 0 Å². The number of ether oxygens (including phenoxy) is 3. The summed E-state index contributed by atoms with van der Waals surface area (Å²) in [5, 5.41) is 2.70. The summed E-state index contributed by atoms with van der Waals surface area (Å²) >= 11 is 0. The standard InChI is InChI=1S/C9H20NO5P/c1-8(9(11)15-6-5-13-2)10-16(4,12)7-14-3/h8H,5-7H2,1-4H3,(H,10,12). The average molecular weight is 253 g/mol. The molecule has 7 heteroatoms. The van der Waals surface area contributed by atoms with Crippen LogP contribution in [-0.4, -0.2) is 52.5 Å². The van der Waals surface area contributed by atoms with Gasteiger partial charge in [0, 0.05) is 20.9 Å². The zero-order valence-electron chi connectivity index (χ0n) is 10.2. The molecular formula is C9H20NO5P. The zero-order chi connectivity index (χ0) is 12.6. The third kappa shape index (κ3) is 6.95. The van der Waals surface area contributed by atoms with Gasteiger partial charge in [-0.25, -0.2) is 0 Å². The Kier molecular flexibility index (Phi) is 7.58. The summed E-state index contributed by atoms with van der Waals surface area (Å²) in [4.78, 5) is 11.4. The van der Waals surface area contributed by atoms with E-state index >= 15 is 0 Å². The first-order valence-electron chi connectivity index (χ1n) is 4.92. The second kappa shape index (κ2) is 7.79.